The number of halogens is 1. The lowest BCUT2D eigenvalue weighted by Crippen LogP contribution is -2.00. The second kappa shape index (κ2) is 6.18. The lowest BCUT2D eigenvalue weighted by atomic mass is 10.1. The van der Waals surface area contributed by atoms with E-state index in [0.717, 1.165) is 12.6 Å². The molecule has 1 aromatic heterocycles. The summed E-state index contributed by atoms with van der Waals surface area (Å²) in [5, 5.41) is 23.2. The van der Waals surface area contributed by atoms with Crippen molar-refractivity contribution >= 4 is 26.7 Å². The fourth-order valence-electron chi connectivity index (χ4n) is 1.63. The molecular formula is C13H15ClNO3P. The van der Waals surface area contributed by atoms with Crippen LogP contribution in [-0.2, 0) is 0 Å². The van der Waals surface area contributed by atoms with Gasteiger partial charge in [0.2, 0.25) is 17.4 Å². The first-order valence-corrected chi connectivity index (χ1v) is 7.07. The van der Waals surface area contributed by atoms with Gasteiger partial charge in [-0.1, -0.05) is 11.6 Å². The van der Waals surface area contributed by atoms with Crippen LogP contribution in [0.5, 0.6) is 11.5 Å². The Hall–Kier alpha value is -1.38. The molecule has 1 heterocycles. The Bertz CT molecular complexity index is 554. The number of benzene rings is 1. The first-order chi connectivity index (χ1) is 9.13. The van der Waals surface area contributed by atoms with E-state index in [2.05, 4.69) is 14.6 Å². The van der Waals surface area contributed by atoms with Crippen LogP contribution in [0.2, 0.25) is 5.02 Å². The fraction of sp³-hybridized carbons (Fsp3) is 0.231. The molecule has 0 fully saturated rings. The first-order valence-electron chi connectivity index (χ1n) is 5.88. The fourth-order valence-corrected chi connectivity index (χ4v) is 1.96. The van der Waals surface area contributed by atoms with E-state index in [9.17, 15) is 10.2 Å². The summed E-state index contributed by atoms with van der Waals surface area (Å²) in [6.07, 6.45) is 1.87. The van der Waals surface area contributed by atoms with Gasteiger partial charge in [-0.05, 0) is 36.8 Å². The third-order valence-electron chi connectivity index (χ3n) is 2.63. The highest BCUT2D eigenvalue weighted by Gasteiger charge is 2.20. The number of hydrogen-bond acceptors (Lipinski definition) is 4. The van der Waals surface area contributed by atoms with Gasteiger partial charge in [0.15, 0.2) is 5.76 Å². The monoisotopic (exact) mass is 299 g/mol. The zero-order valence-corrected chi connectivity index (χ0v) is 12.1. The normalized spacial score (nSPS) is 10.6. The molecule has 6 heteroatoms. The van der Waals surface area contributed by atoms with Crippen LogP contribution >= 0.6 is 20.8 Å². The molecule has 102 valence electrons. The van der Waals surface area contributed by atoms with Crippen LogP contribution < -0.4 is 5.32 Å². The number of furan rings is 1. The Morgan fingerprint density at radius 2 is 1.84 bits per heavy atom. The van der Waals surface area contributed by atoms with Crippen molar-refractivity contribution in [3.63, 3.8) is 0 Å². The predicted octanol–water partition coefficient (Wildman–Crippen LogP) is 3.69. The standard InChI is InChI=1S/C13H15ClNO3P/c14-9-4-2-8(3-5-9)12-10(16)11(17)13(18-12)15-6-1-7-19/h2-5,15-17H,1,6-7,19H2. The highest BCUT2D eigenvalue weighted by molar-refractivity contribution is 7.16. The van der Waals surface area contributed by atoms with Crippen LogP contribution in [0, 0.1) is 0 Å². The molecule has 0 bridgehead atoms. The number of rotatable bonds is 5. The molecule has 4 nitrogen and oxygen atoms in total. The molecule has 0 saturated carbocycles. The number of hydrogen-bond donors (Lipinski definition) is 3. The topological polar surface area (TPSA) is 65.6 Å². The molecule has 3 N–H and O–H groups in total. The first kappa shape index (κ1) is 14.0. The van der Waals surface area contributed by atoms with Gasteiger partial charge in [0, 0.05) is 17.1 Å². The van der Waals surface area contributed by atoms with Gasteiger partial charge in [0.05, 0.1) is 0 Å². The number of anilines is 1. The van der Waals surface area contributed by atoms with Crippen molar-refractivity contribution < 1.29 is 14.6 Å². The van der Waals surface area contributed by atoms with E-state index in [-0.39, 0.29) is 23.1 Å². The van der Waals surface area contributed by atoms with E-state index >= 15 is 0 Å². The van der Waals surface area contributed by atoms with Gasteiger partial charge in [-0.15, -0.1) is 9.24 Å². The summed E-state index contributed by atoms with van der Waals surface area (Å²) in [7, 11) is 2.62. The molecule has 0 saturated heterocycles. The third-order valence-corrected chi connectivity index (χ3v) is 3.29. The highest BCUT2D eigenvalue weighted by atomic mass is 35.5. The molecule has 0 spiro atoms. The summed E-state index contributed by atoms with van der Waals surface area (Å²) in [6, 6.07) is 6.81. The van der Waals surface area contributed by atoms with Crippen molar-refractivity contribution in [2.75, 3.05) is 18.0 Å². The quantitative estimate of drug-likeness (QED) is 0.582. The average molecular weight is 300 g/mol. The van der Waals surface area contributed by atoms with Crippen molar-refractivity contribution in [2.45, 2.75) is 6.42 Å². The van der Waals surface area contributed by atoms with Crippen LogP contribution in [0.3, 0.4) is 0 Å². The Labute approximate surface area is 118 Å². The summed E-state index contributed by atoms with van der Waals surface area (Å²) >= 11 is 5.80. The van der Waals surface area contributed by atoms with E-state index in [4.69, 9.17) is 16.0 Å². The van der Waals surface area contributed by atoms with Gasteiger partial charge in [-0.25, -0.2) is 0 Å². The molecule has 0 radical (unpaired) electrons. The highest BCUT2D eigenvalue weighted by Crippen LogP contribution is 2.45. The maximum atomic E-state index is 9.88. The van der Waals surface area contributed by atoms with E-state index in [1.165, 1.54) is 0 Å². The maximum absolute atomic E-state index is 9.88. The molecule has 1 aromatic carbocycles. The summed E-state index contributed by atoms with van der Waals surface area (Å²) in [5.41, 5.74) is 0.649. The van der Waals surface area contributed by atoms with Gasteiger partial charge in [-0.2, -0.15) is 0 Å². The molecule has 2 aromatic rings. The van der Waals surface area contributed by atoms with Crippen molar-refractivity contribution in [1.82, 2.24) is 0 Å². The van der Waals surface area contributed by atoms with Gasteiger partial charge in [0.25, 0.3) is 0 Å². The molecule has 1 unspecified atom stereocenters. The molecule has 1 atom stereocenters. The van der Waals surface area contributed by atoms with E-state index < -0.39 is 0 Å². The van der Waals surface area contributed by atoms with Crippen LogP contribution in [0.15, 0.2) is 28.7 Å². The Balaban J connectivity index is 2.26. The van der Waals surface area contributed by atoms with Crippen molar-refractivity contribution in [2.24, 2.45) is 0 Å². The SMILES string of the molecule is Oc1c(NCCCP)oc(-c2ccc(Cl)cc2)c1O. The van der Waals surface area contributed by atoms with Crippen molar-refractivity contribution in [1.29, 1.82) is 0 Å². The number of nitrogens with one attached hydrogen (secondary N) is 1. The smallest absolute Gasteiger partial charge is 0.240 e. The van der Waals surface area contributed by atoms with Gasteiger partial charge < -0.3 is 19.9 Å². The zero-order valence-electron chi connectivity index (χ0n) is 10.2. The minimum atomic E-state index is -0.270. The minimum absolute atomic E-state index is 0.181. The Morgan fingerprint density at radius 3 is 2.47 bits per heavy atom. The van der Waals surface area contributed by atoms with Gasteiger partial charge >= 0.3 is 0 Å². The summed E-state index contributed by atoms with van der Waals surface area (Å²) in [5.74, 6) is -0.132. The largest absolute Gasteiger partial charge is 0.502 e. The van der Waals surface area contributed by atoms with E-state index in [1.54, 1.807) is 24.3 Å². The second-order valence-corrected chi connectivity index (χ2v) is 5.05. The molecule has 0 aliphatic heterocycles. The minimum Gasteiger partial charge on any atom is -0.502 e. The Morgan fingerprint density at radius 1 is 1.16 bits per heavy atom. The van der Waals surface area contributed by atoms with Crippen molar-refractivity contribution in [3.8, 4) is 22.8 Å². The lowest BCUT2D eigenvalue weighted by Gasteiger charge is -2.01. The molecule has 0 amide bonds. The zero-order chi connectivity index (χ0) is 13.8. The van der Waals surface area contributed by atoms with Crippen LogP contribution in [0.4, 0.5) is 5.88 Å². The molecular weight excluding hydrogens is 285 g/mol. The second-order valence-electron chi connectivity index (χ2n) is 4.03. The lowest BCUT2D eigenvalue weighted by molar-refractivity contribution is 0.410. The molecule has 0 aliphatic rings. The molecule has 0 aliphatic carbocycles. The molecule has 2 rings (SSSR count). The van der Waals surface area contributed by atoms with E-state index in [0.29, 0.717) is 17.1 Å². The summed E-state index contributed by atoms with van der Waals surface area (Å²) in [6.45, 7) is 0.657. The van der Waals surface area contributed by atoms with Gasteiger partial charge in [-0.3, -0.25) is 0 Å². The van der Waals surface area contributed by atoms with Crippen LogP contribution in [0.25, 0.3) is 11.3 Å². The van der Waals surface area contributed by atoms with Crippen molar-refractivity contribution in [3.05, 3.63) is 29.3 Å². The van der Waals surface area contributed by atoms with E-state index in [1.807, 2.05) is 0 Å². The third kappa shape index (κ3) is 3.14. The Kier molecular flexibility index (Phi) is 4.56. The van der Waals surface area contributed by atoms with Crippen LogP contribution in [0.1, 0.15) is 6.42 Å². The molecule has 19 heavy (non-hydrogen) atoms. The summed E-state index contributed by atoms with van der Waals surface area (Å²) in [4.78, 5) is 0. The average Bonchev–Trinajstić information content (AvgIpc) is 2.69. The van der Waals surface area contributed by atoms with Crippen LogP contribution in [-0.4, -0.2) is 22.9 Å². The summed E-state index contributed by atoms with van der Waals surface area (Å²) < 4.78 is 5.46. The maximum Gasteiger partial charge on any atom is 0.240 e. The van der Waals surface area contributed by atoms with Gasteiger partial charge in [0.1, 0.15) is 0 Å². The number of aromatic hydroxyl groups is 2. The predicted molar refractivity (Wildman–Crippen MR) is 80.2 cm³/mol.